The van der Waals surface area contributed by atoms with Crippen LogP contribution in [0.2, 0.25) is 0 Å². The molecule has 30 heavy (non-hydrogen) atoms. The van der Waals surface area contributed by atoms with E-state index in [0.717, 1.165) is 12.8 Å². The van der Waals surface area contributed by atoms with Crippen molar-refractivity contribution < 1.29 is 5.48 Å². The number of aryl methyl sites for hydroxylation is 2. The molecule has 0 amide bonds. The van der Waals surface area contributed by atoms with Crippen molar-refractivity contribution in [1.29, 1.82) is 0 Å². The molecule has 0 spiro atoms. The predicted molar refractivity (Wildman–Crippen MR) is 137 cm³/mol. The highest BCUT2D eigenvalue weighted by molar-refractivity contribution is 5.85. The van der Waals surface area contributed by atoms with E-state index in [1.165, 1.54) is 44.3 Å². The summed E-state index contributed by atoms with van der Waals surface area (Å²) in [7, 11) is 8.70. The first-order valence-corrected chi connectivity index (χ1v) is 10.5. The Morgan fingerprint density at radius 1 is 0.667 bits per heavy atom. The molecular weight excluding hydrogens is 415 g/mol. The molecule has 5 heteroatoms. The smallest absolute Gasteiger partial charge is 0.00246 e. The van der Waals surface area contributed by atoms with Crippen LogP contribution in [0, 0.1) is 0 Å². The second-order valence-corrected chi connectivity index (χ2v) is 8.27. The number of hydrogen-bond donors (Lipinski definition) is 0. The number of rotatable bonds is 12. The molecule has 0 aromatic heterocycles. The average Bonchev–Trinajstić information content (AvgIpc) is 2.66. The fraction of sp³-hybridized carbons (Fsp3) is 0.520. The molecular formula is C25H42Cl2N2O. The van der Waals surface area contributed by atoms with E-state index in [1.54, 1.807) is 11.1 Å². The molecule has 0 atom stereocenters. The van der Waals surface area contributed by atoms with Crippen LogP contribution < -0.4 is 0 Å². The summed E-state index contributed by atoms with van der Waals surface area (Å²) >= 11 is 0. The average molecular weight is 458 g/mol. The van der Waals surface area contributed by atoms with Gasteiger partial charge in [-0.25, -0.2) is 0 Å². The molecule has 3 nitrogen and oxygen atoms in total. The van der Waals surface area contributed by atoms with Crippen LogP contribution in [0.5, 0.6) is 0 Å². The van der Waals surface area contributed by atoms with Gasteiger partial charge in [0.1, 0.15) is 0 Å². The lowest BCUT2D eigenvalue weighted by atomic mass is 9.85. The van der Waals surface area contributed by atoms with E-state index in [1.807, 2.05) is 0 Å². The molecule has 0 radical (unpaired) electrons. The SMILES string of the molecule is CN(C)CCCC(CCCN(C)C)c1ccccc1CCc1ccccc1.Cl.Cl.O. The normalized spacial score (nSPS) is 10.5. The van der Waals surface area contributed by atoms with Crippen LogP contribution in [0.3, 0.4) is 0 Å². The Morgan fingerprint density at radius 3 is 1.70 bits per heavy atom. The molecule has 0 fully saturated rings. The van der Waals surface area contributed by atoms with E-state index in [2.05, 4.69) is 92.6 Å². The fourth-order valence-corrected chi connectivity index (χ4v) is 3.85. The van der Waals surface area contributed by atoms with E-state index in [0.29, 0.717) is 5.92 Å². The fourth-order valence-electron chi connectivity index (χ4n) is 3.85. The van der Waals surface area contributed by atoms with Crippen LogP contribution in [-0.2, 0) is 12.8 Å². The van der Waals surface area contributed by atoms with Crippen LogP contribution in [-0.4, -0.2) is 56.6 Å². The molecule has 0 aliphatic carbocycles. The van der Waals surface area contributed by atoms with E-state index in [-0.39, 0.29) is 30.3 Å². The Morgan fingerprint density at radius 2 is 1.17 bits per heavy atom. The van der Waals surface area contributed by atoms with Crippen LogP contribution >= 0.6 is 24.8 Å². The molecule has 0 bridgehead atoms. The van der Waals surface area contributed by atoms with Crippen LogP contribution in [0.4, 0.5) is 0 Å². The molecule has 0 heterocycles. The minimum Gasteiger partial charge on any atom is -0.412 e. The van der Waals surface area contributed by atoms with Crippen molar-refractivity contribution in [3.05, 3.63) is 71.3 Å². The highest BCUT2D eigenvalue weighted by atomic mass is 35.5. The lowest BCUT2D eigenvalue weighted by Crippen LogP contribution is -2.16. The zero-order valence-corrected chi connectivity index (χ0v) is 20.8. The quantitative estimate of drug-likeness (QED) is 0.436. The summed E-state index contributed by atoms with van der Waals surface area (Å²) in [5, 5.41) is 0. The molecule has 0 aliphatic heterocycles. The Kier molecular flexibility index (Phi) is 18.2. The maximum atomic E-state index is 2.39. The van der Waals surface area contributed by atoms with E-state index in [9.17, 15) is 0 Å². The zero-order chi connectivity index (χ0) is 19.5. The topological polar surface area (TPSA) is 38.0 Å². The lowest BCUT2D eigenvalue weighted by Gasteiger charge is -2.22. The second-order valence-electron chi connectivity index (χ2n) is 8.27. The highest BCUT2D eigenvalue weighted by Gasteiger charge is 2.15. The number of halogens is 2. The van der Waals surface area contributed by atoms with Crippen molar-refractivity contribution in [1.82, 2.24) is 9.80 Å². The van der Waals surface area contributed by atoms with Crippen molar-refractivity contribution >= 4 is 24.8 Å². The molecule has 0 saturated heterocycles. The van der Waals surface area contributed by atoms with Crippen molar-refractivity contribution in [3.63, 3.8) is 0 Å². The summed E-state index contributed by atoms with van der Waals surface area (Å²) in [5.41, 5.74) is 4.57. The van der Waals surface area contributed by atoms with Gasteiger partial charge in [-0.2, -0.15) is 0 Å². The summed E-state index contributed by atoms with van der Waals surface area (Å²) < 4.78 is 0. The summed E-state index contributed by atoms with van der Waals surface area (Å²) in [5.74, 6) is 0.678. The Labute approximate surface area is 197 Å². The van der Waals surface area contributed by atoms with Gasteiger partial charge in [0.25, 0.3) is 0 Å². The van der Waals surface area contributed by atoms with Crippen molar-refractivity contribution in [2.45, 2.75) is 44.4 Å². The molecule has 172 valence electrons. The largest absolute Gasteiger partial charge is 0.412 e. The summed E-state index contributed by atoms with van der Waals surface area (Å²) in [6, 6.07) is 20.1. The summed E-state index contributed by atoms with van der Waals surface area (Å²) in [4.78, 5) is 4.61. The third-order valence-electron chi connectivity index (χ3n) is 5.34. The van der Waals surface area contributed by atoms with E-state index >= 15 is 0 Å². The van der Waals surface area contributed by atoms with Crippen LogP contribution in [0.25, 0.3) is 0 Å². The number of nitrogens with zero attached hydrogens (tertiary/aromatic N) is 2. The van der Waals surface area contributed by atoms with Gasteiger partial charge in [0.05, 0.1) is 0 Å². The van der Waals surface area contributed by atoms with Gasteiger partial charge in [-0.1, -0.05) is 54.6 Å². The van der Waals surface area contributed by atoms with Gasteiger partial charge in [-0.3, -0.25) is 0 Å². The molecule has 0 unspecified atom stereocenters. The maximum absolute atomic E-state index is 2.39. The van der Waals surface area contributed by atoms with Gasteiger partial charge < -0.3 is 15.3 Å². The minimum absolute atomic E-state index is 0. The first-order valence-electron chi connectivity index (χ1n) is 10.5. The predicted octanol–water partition coefficient (Wildman–Crippen LogP) is 5.26. The van der Waals surface area contributed by atoms with Gasteiger partial charge in [0, 0.05) is 0 Å². The van der Waals surface area contributed by atoms with E-state index in [4.69, 9.17) is 0 Å². The monoisotopic (exact) mass is 456 g/mol. The standard InChI is InChI=1S/C25H38N2.2ClH.H2O/c1-26(2)20-10-15-23(16-11-21-27(3)4)25-17-9-8-14-24(25)19-18-22-12-6-5-7-13-22;;;/h5-9,12-14,17,23H,10-11,15-16,18-21H2,1-4H3;2*1H;1H2. The van der Waals surface area contributed by atoms with Crippen molar-refractivity contribution in [3.8, 4) is 0 Å². The second kappa shape index (κ2) is 17.6. The minimum atomic E-state index is 0. The Balaban J connectivity index is 0. The Hall–Kier alpha value is -1.10. The van der Waals surface area contributed by atoms with Crippen molar-refractivity contribution in [2.24, 2.45) is 0 Å². The maximum Gasteiger partial charge on any atom is -0.00246 e. The lowest BCUT2D eigenvalue weighted by molar-refractivity contribution is 0.361. The van der Waals surface area contributed by atoms with Gasteiger partial charge in [0.15, 0.2) is 0 Å². The summed E-state index contributed by atoms with van der Waals surface area (Å²) in [6.07, 6.45) is 7.37. The van der Waals surface area contributed by atoms with Crippen molar-refractivity contribution in [2.75, 3.05) is 41.3 Å². The third-order valence-corrected chi connectivity index (χ3v) is 5.34. The van der Waals surface area contributed by atoms with Gasteiger partial charge >= 0.3 is 0 Å². The van der Waals surface area contributed by atoms with Gasteiger partial charge in [0.2, 0.25) is 0 Å². The zero-order valence-electron chi connectivity index (χ0n) is 19.1. The molecule has 2 N–H and O–H groups in total. The first-order chi connectivity index (χ1) is 13.1. The van der Waals surface area contributed by atoms with Gasteiger partial charge in [-0.15, -0.1) is 24.8 Å². The Bertz CT molecular complexity index is 637. The number of benzene rings is 2. The van der Waals surface area contributed by atoms with E-state index < -0.39 is 0 Å². The molecule has 0 aliphatic rings. The first kappa shape index (κ1) is 31.1. The summed E-state index contributed by atoms with van der Waals surface area (Å²) in [6.45, 7) is 2.35. The molecule has 2 aromatic rings. The number of hydrogen-bond acceptors (Lipinski definition) is 2. The highest BCUT2D eigenvalue weighted by Crippen LogP contribution is 2.30. The van der Waals surface area contributed by atoms with Crippen LogP contribution in [0.1, 0.15) is 48.3 Å². The third kappa shape index (κ3) is 11.9. The van der Waals surface area contributed by atoms with Gasteiger partial charge in [-0.05, 0) is 102 Å². The molecule has 0 saturated carbocycles. The molecule has 2 aromatic carbocycles. The molecule has 2 rings (SSSR count). The van der Waals surface area contributed by atoms with Crippen LogP contribution in [0.15, 0.2) is 54.6 Å².